The predicted molar refractivity (Wildman–Crippen MR) is 96.1 cm³/mol. The van der Waals surface area contributed by atoms with Crippen molar-refractivity contribution in [2.75, 3.05) is 6.54 Å². The summed E-state index contributed by atoms with van der Waals surface area (Å²) in [5, 5.41) is 1.50. The van der Waals surface area contributed by atoms with Crippen LogP contribution >= 0.6 is 0 Å². The lowest BCUT2D eigenvalue weighted by atomic mass is 9.90. The maximum Gasteiger partial charge on any atom is 0.0947 e. The highest BCUT2D eigenvalue weighted by molar-refractivity contribution is 5.86. The van der Waals surface area contributed by atoms with Gasteiger partial charge < -0.3 is 8.98 Å². The van der Waals surface area contributed by atoms with Crippen molar-refractivity contribution in [3.05, 3.63) is 59.2 Å². The molecule has 1 aliphatic heterocycles. The van der Waals surface area contributed by atoms with Crippen molar-refractivity contribution in [2.45, 2.75) is 51.7 Å². The number of aromatic nitrogens is 1. The van der Waals surface area contributed by atoms with Crippen LogP contribution in [0.1, 0.15) is 47.7 Å². The summed E-state index contributed by atoms with van der Waals surface area (Å²) >= 11 is 0. The molecule has 0 N–H and O–H groups in total. The average Bonchev–Trinajstić information content (AvgIpc) is 3.15. The first kappa shape index (κ1) is 14.4. The summed E-state index contributed by atoms with van der Waals surface area (Å²) in [6.45, 7) is 5.53. The first-order valence-electron chi connectivity index (χ1n) is 9.18. The van der Waals surface area contributed by atoms with Gasteiger partial charge in [-0.2, -0.15) is 0 Å². The lowest BCUT2D eigenvalue weighted by Gasteiger charge is -2.33. The third-order valence-corrected chi connectivity index (χ3v) is 5.82. The van der Waals surface area contributed by atoms with Crippen LogP contribution in [0.15, 0.2) is 41.2 Å². The van der Waals surface area contributed by atoms with E-state index < -0.39 is 0 Å². The molecular weight excluding hydrogens is 296 g/mol. The smallest absolute Gasteiger partial charge is 0.0947 e. The Bertz CT molecular complexity index is 871. The molecule has 1 aromatic carbocycles. The van der Waals surface area contributed by atoms with E-state index in [9.17, 15) is 0 Å². The zero-order valence-corrected chi connectivity index (χ0v) is 14.3. The van der Waals surface area contributed by atoms with E-state index in [1.54, 1.807) is 17.5 Å². The lowest BCUT2D eigenvalue weighted by Crippen LogP contribution is -2.30. The molecule has 24 heavy (non-hydrogen) atoms. The molecular formula is C21H24N2O. The van der Waals surface area contributed by atoms with E-state index in [2.05, 4.69) is 40.7 Å². The molecule has 0 amide bonds. The first-order chi connectivity index (χ1) is 11.8. The Morgan fingerprint density at radius 2 is 2.12 bits per heavy atom. The quantitative estimate of drug-likeness (QED) is 0.674. The Hall–Kier alpha value is -2.00. The van der Waals surface area contributed by atoms with Gasteiger partial charge in [0.05, 0.1) is 18.6 Å². The van der Waals surface area contributed by atoms with Gasteiger partial charge in [-0.15, -0.1) is 0 Å². The van der Waals surface area contributed by atoms with Crippen molar-refractivity contribution in [3.63, 3.8) is 0 Å². The summed E-state index contributed by atoms with van der Waals surface area (Å²) in [6, 6.07) is 9.66. The van der Waals surface area contributed by atoms with Gasteiger partial charge in [-0.3, -0.25) is 4.90 Å². The van der Waals surface area contributed by atoms with Crippen LogP contribution in [0.5, 0.6) is 0 Å². The number of fused-ring (bicyclic) bond motifs is 3. The third kappa shape index (κ3) is 2.15. The van der Waals surface area contributed by atoms with Crippen LogP contribution in [0.2, 0.25) is 0 Å². The molecule has 124 valence electrons. The Morgan fingerprint density at radius 3 is 3.00 bits per heavy atom. The Morgan fingerprint density at radius 1 is 1.17 bits per heavy atom. The molecule has 2 aromatic heterocycles. The minimum absolute atomic E-state index is 0.554. The number of rotatable bonds is 2. The van der Waals surface area contributed by atoms with E-state index in [-0.39, 0.29) is 0 Å². The largest absolute Gasteiger partial charge is 0.472 e. The van der Waals surface area contributed by atoms with Crippen molar-refractivity contribution in [1.29, 1.82) is 0 Å². The topological polar surface area (TPSA) is 21.3 Å². The number of nitrogens with zero attached hydrogens (tertiary/aromatic N) is 2. The summed E-state index contributed by atoms with van der Waals surface area (Å²) in [4.78, 5) is 2.68. The molecule has 0 fully saturated rings. The number of aryl methyl sites for hydroxylation is 3. The molecule has 1 aliphatic carbocycles. The van der Waals surface area contributed by atoms with Crippen molar-refractivity contribution >= 4 is 10.9 Å². The first-order valence-corrected chi connectivity index (χ1v) is 9.18. The summed E-state index contributed by atoms with van der Waals surface area (Å²) in [5.74, 6) is 0. The van der Waals surface area contributed by atoms with Crippen LogP contribution < -0.4 is 0 Å². The fourth-order valence-electron chi connectivity index (χ4n) is 4.80. The van der Waals surface area contributed by atoms with Gasteiger partial charge in [0, 0.05) is 41.8 Å². The van der Waals surface area contributed by atoms with Gasteiger partial charge in [0.2, 0.25) is 0 Å². The second kappa shape index (κ2) is 5.52. The zero-order valence-electron chi connectivity index (χ0n) is 14.3. The summed E-state index contributed by atoms with van der Waals surface area (Å²) in [7, 11) is 0. The molecule has 3 aromatic rings. The minimum Gasteiger partial charge on any atom is -0.472 e. The van der Waals surface area contributed by atoms with E-state index in [0.29, 0.717) is 6.04 Å². The van der Waals surface area contributed by atoms with Crippen molar-refractivity contribution in [1.82, 2.24) is 9.47 Å². The van der Waals surface area contributed by atoms with E-state index in [1.807, 2.05) is 6.26 Å². The van der Waals surface area contributed by atoms with Gasteiger partial charge in [-0.25, -0.2) is 0 Å². The fraction of sp³-hybridized carbons (Fsp3) is 0.429. The van der Waals surface area contributed by atoms with Crippen molar-refractivity contribution < 1.29 is 4.42 Å². The molecule has 0 bridgehead atoms. The Balaban J connectivity index is 1.64. The Kier molecular flexibility index (Phi) is 3.30. The third-order valence-electron chi connectivity index (χ3n) is 5.82. The normalized spacial score (nSPS) is 21.0. The molecule has 3 heterocycles. The number of hydrogen-bond acceptors (Lipinski definition) is 2. The van der Waals surface area contributed by atoms with Crippen LogP contribution in [0.3, 0.4) is 0 Å². The minimum atomic E-state index is 0.554. The van der Waals surface area contributed by atoms with Gasteiger partial charge >= 0.3 is 0 Å². The van der Waals surface area contributed by atoms with Gasteiger partial charge in [-0.1, -0.05) is 11.6 Å². The summed E-state index contributed by atoms with van der Waals surface area (Å²) in [6.07, 6.45) is 8.72. The monoisotopic (exact) mass is 320 g/mol. The van der Waals surface area contributed by atoms with Crippen molar-refractivity contribution in [3.8, 4) is 0 Å². The molecule has 1 unspecified atom stereocenters. The molecule has 2 aliphatic rings. The van der Waals surface area contributed by atoms with E-state index in [0.717, 1.165) is 13.1 Å². The van der Waals surface area contributed by atoms with E-state index in [1.165, 1.54) is 54.3 Å². The highest BCUT2D eigenvalue weighted by Crippen LogP contribution is 2.42. The molecule has 1 atom stereocenters. The van der Waals surface area contributed by atoms with Gasteiger partial charge in [0.25, 0.3) is 0 Å². The van der Waals surface area contributed by atoms with Crippen LogP contribution in [-0.2, 0) is 19.5 Å². The summed E-state index contributed by atoms with van der Waals surface area (Å²) in [5.41, 5.74) is 7.33. The molecule has 5 rings (SSSR count). The van der Waals surface area contributed by atoms with Gasteiger partial charge in [0.15, 0.2) is 0 Å². The fourth-order valence-corrected chi connectivity index (χ4v) is 4.80. The Labute approximate surface area is 142 Å². The average molecular weight is 320 g/mol. The van der Waals surface area contributed by atoms with Gasteiger partial charge in [0.1, 0.15) is 0 Å². The second-order valence-electron chi connectivity index (χ2n) is 7.40. The van der Waals surface area contributed by atoms with Crippen LogP contribution in [0.4, 0.5) is 0 Å². The molecule has 3 heteroatoms. The number of hydrogen-bond donors (Lipinski definition) is 0. The molecule has 0 saturated heterocycles. The van der Waals surface area contributed by atoms with Gasteiger partial charge in [-0.05, 0) is 56.4 Å². The summed E-state index contributed by atoms with van der Waals surface area (Å²) < 4.78 is 7.92. The maximum absolute atomic E-state index is 5.29. The molecule has 0 radical (unpaired) electrons. The molecule has 0 saturated carbocycles. The van der Waals surface area contributed by atoms with E-state index in [4.69, 9.17) is 4.42 Å². The molecule has 3 nitrogen and oxygen atoms in total. The highest BCUT2D eigenvalue weighted by Gasteiger charge is 2.33. The van der Waals surface area contributed by atoms with Crippen molar-refractivity contribution in [2.24, 2.45) is 0 Å². The maximum atomic E-state index is 5.29. The lowest BCUT2D eigenvalue weighted by molar-refractivity contribution is 0.173. The predicted octanol–water partition coefficient (Wildman–Crippen LogP) is 4.83. The van der Waals surface area contributed by atoms with E-state index >= 15 is 0 Å². The number of furan rings is 1. The second-order valence-corrected chi connectivity index (χ2v) is 7.40. The standard InChI is InChI=1S/C21H24N2O/c1-15-6-7-19-18(12-15)17-4-2-5-20-21(17)23(19)10-3-9-22(20)13-16-8-11-24-14-16/h6-8,11-12,14,20H,2-5,9-10,13H2,1H3. The van der Waals surface area contributed by atoms with Crippen LogP contribution in [0.25, 0.3) is 10.9 Å². The highest BCUT2D eigenvalue weighted by atomic mass is 16.3. The van der Waals surface area contributed by atoms with Crippen LogP contribution in [-0.4, -0.2) is 16.0 Å². The van der Waals surface area contributed by atoms with Crippen LogP contribution in [0, 0.1) is 6.92 Å². The molecule has 0 spiro atoms. The number of benzene rings is 1. The SMILES string of the molecule is Cc1ccc2c(c1)c1c3n2CCCN(Cc2ccoc2)C3CCC1. The zero-order chi connectivity index (χ0) is 16.1.